The molecule has 0 saturated heterocycles. The predicted molar refractivity (Wildman–Crippen MR) is 127 cm³/mol. The molecular weight excluding hydrogens is 362 g/mol. The smallest absolute Gasteiger partial charge is 0.0702 e. The molecule has 0 unspecified atom stereocenters. The van der Waals surface area contributed by atoms with Crippen LogP contribution in [-0.2, 0) is 12.8 Å². The van der Waals surface area contributed by atoms with Gasteiger partial charge in [0.05, 0.1) is 5.69 Å². The summed E-state index contributed by atoms with van der Waals surface area (Å²) in [6.45, 7) is 0. The molecule has 0 aliphatic rings. The molecule has 4 aromatic rings. The van der Waals surface area contributed by atoms with Crippen molar-refractivity contribution in [2.45, 2.75) is 38.5 Å². The van der Waals surface area contributed by atoms with E-state index >= 15 is 0 Å². The summed E-state index contributed by atoms with van der Waals surface area (Å²) in [4.78, 5) is 4.72. The van der Waals surface area contributed by atoms with Crippen molar-refractivity contribution in [3.05, 3.63) is 114 Å². The van der Waals surface area contributed by atoms with Crippen molar-refractivity contribution in [3.63, 3.8) is 0 Å². The van der Waals surface area contributed by atoms with E-state index < -0.39 is 0 Å². The van der Waals surface area contributed by atoms with Crippen LogP contribution >= 0.6 is 0 Å². The third-order valence-corrected chi connectivity index (χ3v) is 5.62. The second-order valence-electron chi connectivity index (χ2n) is 7.90. The standard InChI is InChI=1S/C29H29N/c1(5-12-24-13-7-3-8-14-24)2-6-15-25-16-11-19-27(22-25)29-21-20-28(23-30-29)26-17-9-4-10-18-26/h3-4,7-11,13-14,16-23H,1-2,5-6,12,15H2. The second-order valence-corrected chi connectivity index (χ2v) is 7.90. The fourth-order valence-corrected chi connectivity index (χ4v) is 3.91. The van der Waals surface area contributed by atoms with E-state index in [0.29, 0.717) is 0 Å². The van der Waals surface area contributed by atoms with Gasteiger partial charge in [-0.25, -0.2) is 0 Å². The highest BCUT2D eigenvalue weighted by Crippen LogP contribution is 2.23. The molecule has 0 amide bonds. The minimum Gasteiger partial charge on any atom is -0.256 e. The van der Waals surface area contributed by atoms with Gasteiger partial charge in [-0.1, -0.05) is 97.8 Å². The number of unbranched alkanes of at least 4 members (excludes halogenated alkanes) is 3. The summed E-state index contributed by atoms with van der Waals surface area (Å²) in [6.07, 6.45) is 9.44. The minimum atomic E-state index is 1.04. The summed E-state index contributed by atoms with van der Waals surface area (Å²) >= 11 is 0. The maximum Gasteiger partial charge on any atom is 0.0702 e. The van der Waals surface area contributed by atoms with E-state index in [2.05, 4.69) is 91.0 Å². The summed E-state index contributed by atoms with van der Waals surface area (Å²) in [5, 5.41) is 0. The first kappa shape index (κ1) is 20.1. The highest BCUT2D eigenvalue weighted by molar-refractivity contribution is 5.67. The molecule has 1 aromatic heterocycles. The third-order valence-electron chi connectivity index (χ3n) is 5.62. The first-order valence-electron chi connectivity index (χ1n) is 11.0. The highest BCUT2D eigenvalue weighted by Gasteiger charge is 2.03. The average molecular weight is 392 g/mol. The Hall–Kier alpha value is -3.19. The molecule has 4 rings (SSSR count). The van der Waals surface area contributed by atoms with E-state index in [1.165, 1.54) is 54.4 Å². The lowest BCUT2D eigenvalue weighted by atomic mass is 10.0. The molecule has 1 nitrogen and oxygen atoms in total. The van der Waals surface area contributed by atoms with Crippen molar-refractivity contribution in [2.75, 3.05) is 0 Å². The van der Waals surface area contributed by atoms with Gasteiger partial charge in [0.15, 0.2) is 0 Å². The van der Waals surface area contributed by atoms with Gasteiger partial charge in [0.2, 0.25) is 0 Å². The molecule has 150 valence electrons. The monoisotopic (exact) mass is 391 g/mol. The summed E-state index contributed by atoms with van der Waals surface area (Å²) in [5.41, 5.74) is 7.47. The van der Waals surface area contributed by atoms with Gasteiger partial charge in [-0.2, -0.15) is 0 Å². The number of nitrogens with zero attached hydrogens (tertiary/aromatic N) is 1. The number of benzene rings is 3. The molecule has 1 heteroatoms. The van der Waals surface area contributed by atoms with Gasteiger partial charge in [-0.15, -0.1) is 0 Å². The van der Waals surface area contributed by atoms with Crippen LogP contribution in [0.15, 0.2) is 103 Å². The van der Waals surface area contributed by atoms with Gasteiger partial charge in [0.1, 0.15) is 0 Å². The summed E-state index contributed by atoms with van der Waals surface area (Å²) in [5.74, 6) is 0. The van der Waals surface area contributed by atoms with Crippen molar-refractivity contribution in [1.82, 2.24) is 4.98 Å². The predicted octanol–water partition coefficient (Wildman–Crippen LogP) is 7.76. The van der Waals surface area contributed by atoms with Crippen molar-refractivity contribution in [1.29, 1.82) is 0 Å². The van der Waals surface area contributed by atoms with Crippen LogP contribution in [0.3, 0.4) is 0 Å². The van der Waals surface area contributed by atoms with E-state index in [9.17, 15) is 0 Å². The topological polar surface area (TPSA) is 12.9 Å². The number of aryl methyl sites for hydroxylation is 2. The Morgan fingerprint density at radius 3 is 1.80 bits per heavy atom. The van der Waals surface area contributed by atoms with Crippen LogP contribution in [-0.4, -0.2) is 4.98 Å². The molecule has 0 spiro atoms. The Bertz CT molecular complexity index is 1020. The Morgan fingerprint density at radius 1 is 0.467 bits per heavy atom. The molecule has 0 aliphatic heterocycles. The Labute approximate surface area is 180 Å². The lowest BCUT2D eigenvalue weighted by Gasteiger charge is -2.07. The number of pyridine rings is 1. The molecule has 0 radical (unpaired) electrons. The maximum absolute atomic E-state index is 4.72. The molecule has 1 heterocycles. The van der Waals surface area contributed by atoms with Crippen molar-refractivity contribution in [3.8, 4) is 22.4 Å². The molecule has 0 bridgehead atoms. The summed E-state index contributed by atoms with van der Waals surface area (Å²) in [7, 11) is 0. The molecular formula is C29H29N. The van der Waals surface area contributed by atoms with E-state index in [-0.39, 0.29) is 0 Å². The van der Waals surface area contributed by atoms with Crippen LogP contribution < -0.4 is 0 Å². The molecule has 30 heavy (non-hydrogen) atoms. The van der Waals surface area contributed by atoms with Crippen LogP contribution in [0.1, 0.15) is 36.8 Å². The number of hydrogen-bond acceptors (Lipinski definition) is 1. The first-order valence-corrected chi connectivity index (χ1v) is 11.0. The summed E-state index contributed by atoms with van der Waals surface area (Å²) in [6, 6.07) is 34.4. The summed E-state index contributed by atoms with van der Waals surface area (Å²) < 4.78 is 0. The first-order chi connectivity index (χ1) is 14.9. The Balaban J connectivity index is 1.27. The van der Waals surface area contributed by atoms with E-state index in [0.717, 1.165) is 17.7 Å². The van der Waals surface area contributed by atoms with E-state index in [1.54, 1.807) is 0 Å². The zero-order valence-electron chi connectivity index (χ0n) is 17.5. The third kappa shape index (κ3) is 5.67. The van der Waals surface area contributed by atoms with E-state index in [1.807, 2.05) is 12.3 Å². The normalized spacial score (nSPS) is 10.8. The van der Waals surface area contributed by atoms with Gasteiger partial charge in [-0.05, 0) is 54.5 Å². The molecule has 0 N–H and O–H groups in total. The second kappa shape index (κ2) is 10.5. The largest absolute Gasteiger partial charge is 0.256 e. The fraction of sp³-hybridized carbons (Fsp3) is 0.207. The molecule has 0 atom stereocenters. The van der Waals surface area contributed by atoms with Crippen molar-refractivity contribution < 1.29 is 0 Å². The van der Waals surface area contributed by atoms with Gasteiger partial charge in [-0.3, -0.25) is 4.98 Å². The van der Waals surface area contributed by atoms with Gasteiger partial charge in [0, 0.05) is 17.3 Å². The Morgan fingerprint density at radius 2 is 1.10 bits per heavy atom. The van der Waals surface area contributed by atoms with Crippen LogP contribution in [0.25, 0.3) is 22.4 Å². The van der Waals surface area contributed by atoms with Gasteiger partial charge < -0.3 is 0 Å². The quantitative estimate of drug-likeness (QED) is 0.266. The van der Waals surface area contributed by atoms with Gasteiger partial charge in [0.25, 0.3) is 0 Å². The average Bonchev–Trinajstić information content (AvgIpc) is 2.83. The SMILES string of the molecule is c1ccc(CCCCCCc2cccc(-c3ccc(-c4ccccc4)cn3)c2)cc1. The van der Waals surface area contributed by atoms with E-state index in [4.69, 9.17) is 4.98 Å². The fourth-order valence-electron chi connectivity index (χ4n) is 3.91. The van der Waals surface area contributed by atoms with Crippen LogP contribution in [0, 0.1) is 0 Å². The van der Waals surface area contributed by atoms with Crippen LogP contribution in [0.5, 0.6) is 0 Å². The van der Waals surface area contributed by atoms with Crippen LogP contribution in [0.2, 0.25) is 0 Å². The molecule has 3 aromatic carbocycles. The zero-order chi connectivity index (χ0) is 20.4. The molecule has 0 fully saturated rings. The zero-order valence-corrected chi connectivity index (χ0v) is 17.5. The van der Waals surface area contributed by atoms with Crippen LogP contribution in [0.4, 0.5) is 0 Å². The minimum absolute atomic E-state index is 1.04. The highest BCUT2D eigenvalue weighted by atomic mass is 14.7. The lowest BCUT2D eigenvalue weighted by molar-refractivity contribution is 0.640. The van der Waals surface area contributed by atoms with Crippen molar-refractivity contribution in [2.24, 2.45) is 0 Å². The lowest BCUT2D eigenvalue weighted by Crippen LogP contribution is -1.90. The number of hydrogen-bond donors (Lipinski definition) is 0. The van der Waals surface area contributed by atoms with Crippen molar-refractivity contribution >= 4 is 0 Å². The number of rotatable bonds is 9. The number of aromatic nitrogens is 1. The van der Waals surface area contributed by atoms with Gasteiger partial charge >= 0.3 is 0 Å². The molecule has 0 aliphatic carbocycles. The molecule has 0 saturated carbocycles. The maximum atomic E-state index is 4.72. The Kier molecular flexibility index (Phi) is 7.07.